The topological polar surface area (TPSA) is 58.6 Å². The van der Waals surface area contributed by atoms with Crippen LogP contribution in [0, 0.1) is 0 Å². The number of anilines is 2. The molecule has 1 heterocycles. The lowest BCUT2D eigenvalue weighted by Gasteiger charge is -2.26. The van der Waals surface area contributed by atoms with Crippen molar-refractivity contribution in [1.29, 1.82) is 0 Å². The van der Waals surface area contributed by atoms with E-state index in [1.165, 1.54) is 0 Å². The van der Waals surface area contributed by atoms with E-state index in [-0.39, 0.29) is 17.2 Å². The Labute approximate surface area is 202 Å². The number of fused-ring (bicyclic) bond motifs is 1. The van der Waals surface area contributed by atoms with Crippen LogP contribution < -0.4 is 15.0 Å². The summed E-state index contributed by atoms with van der Waals surface area (Å²) in [4.78, 5) is 27.8. The van der Waals surface area contributed by atoms with Gasteiger partial charge in [0, 0.05) is 22.5 Å². The Hall–Kier alpha value is -3.77. The van der Waals surface area contributed by atoms with E-state index in [9.17, 15) is 9.59 Å². The fourth-order valence-electron chi connectivity index (χ4n) is 4.15. The van der Waals surface area contributed by atoms with Crippen molar-refractivity contribution >= 4 is 45.7 Å². The lowest BCUT2D eigenvalue weighted by atomic mass is 10.1. The third-order valence-corrected chi connectivity index (χ3v) is 6.97. The van der Waals surface area contributed by atoms with Crippen LogP contribution in [0.3, 0.4) is 0 Å². The predicted molar refractivity (Wildman–Crippen MR) is 139 cm³/mol. The van der Waals surface area contributed by atoms with Gasteiger partial charge in [-0.05, 0) is 60.2 Å². The van der Waals surface area contributed by atoms with Gasteiger partial charge < -0.3 is 10.1 Å². The fourth-order valence-corrected chi connectivity index (χ4v) is 5.37. The molecule has 6 heteroatoms. The quantitative estimate of drug-likeness (QED) is 0.362. The molecule has 0 saturated carbocycles. The number of carbonyl (C=O) groups excluding carboxylic acids is 2. The normalized spacial score (nSPS) is 15.5. The maximum absolute atomic E-state index is 13.1. The minimum Gasteiger partial charge on any atom is -0.494 e. The summed E-state index contributed by atoms with van der Waals surface area (Å²) in [6.45, 7) is 2.53. The summed E-state index contributed by atoms with van der Waals surface area (Å²) >= 11 is 1.55. The molecular formula is C28H24N2O3S. The van der Waals surface area contributed by atoms with Crippen LogP contribution in [0.5, 0.6) is 5.75 Å². The maximum atomic E-state index is 13.1. The summed E-state index contributed by atoms with van der Waals surface area (Å²) in [5.74, 6) is 1.00. The Morgan fingerprint density at radius 2 is 1.71 bits per heavy atom. The molecule has 170 valence electrons. The van der Waals surface area contributed by atoms with Gasteiger partial charge in [-0.3, -0.25) is 14.5 Å². The molecule has 5 rings (SSSR count). The number of carbonyl (C=O) groups is 2. The van der Waals surface area contributed by atoms with Crippen LogP contribution in [0.1, 0.15) is 28.2 Å². The number of para-hydroxylation sites is 1. The lowest BCUT2D eigenvalue weighted by molar-refractivity contribution is -0.115. The zero-order valence-corrected chi connectivity index (χ0v) is 19.5. The van der Waals surface area contributed by atoms with Gasteiger partial charge in [-0.15, -0.1) is 11.8 Å². The van der Waals surface area contributed by atoms with Gasteiger partial charge in [-0.1, -0.05) is 48.5 Å². The van der Waals surface area contributed by atoms with Crippen LogP contribution in [0.2, 0.25) is 0 Å². The van der Waals surface area contributed by atoms with E-state index in [2.05, 4.69) is 5.32 Å². The first kappa shape index (κ1) is 22.0. The number of ether oxygens (including phenoxy) is 1. The molecule has 1 unspecified atom stereocenters. The van der Waals surface area contributed by atoms with Gasteiger partial charge in [-0.2, -0.15) is 0 Å². The Kier molecular flexibility index (Phi) is 6.23. The van der Waals surface area contributed by atoms with Crippen LogP contribution >= 0.6 is 11.8 Å². The molecule has 34 heavy (non-hydrogen) atoms. The summed E-state index contributed by atoms with van der Waals surface area (Å²) in [6, 6.07) is 28.9. The molecule has 4 aromatic rings. The summed E-state index contributed by atoms with van der Waals surface area (Å²) in [7, 11) is 0. The molecule has 1 aliphatic heterocycles. The largest absolute Gasteiger partial charge is 0.494 e. The molecule has 1 fully saturated rings. The Morgan fingerprint density at radius 1 is 0.971 bits per heavy atom. The number of nitrogens with one attached hydrogen (secondary N) is 1. The molecule has 0 aromatic heterocycles. The first-order chi connectivity index (χ1) is 16.6. The van der Waals surface area contributed by atoms with Crippen molar-refractivity contribution in [2.75, 3.05) is 22.6 Å². The van der Waals surface area contributed by atoms with Crippen molar-refractivity contribution < 1.29 is 14.3 Å². The first-order valence-corrected chi connectivity index (χ1v) is 12.2. The zero-order valence-electron chi connectivity index (χ0n) is 18.7. The van der Waals surface area contributed by atoms with Crippen molar-refractivity contribution in [3.8, 4) is 5.75 Å². The Balaban J connectivity index is 1.43. The second-order valence-electron chi connectivity index (χ2n) is 7.96. The van der Waals surface area contributed by atoms with Gasteiger partial charge in [0.15, 0.2) is 0 Å². The molecular weight excluding hydrogens is 444 g/mol. The standard InChI is InChI=1S/C28H24N2O3S/c1-2-33-23-15-13-22(14-16-23)30-26(31)18-34-28(30)24-9-5-6-10-25(24)29-27(32)21-12-11-19-7-3-4-8-20(19)17-21/h3-17,28H,2,18H2,1H3,(H,29,32). The van der Waals surface area contributed by atoms with Crippen LogP contribution in [0.25, 0.3) is 10.8 Å². The first-order valence-electron chi connectivity index (χ1n) is 11.2. The fraction of sp³-hybridized carbons (Fsp3) is 0.143. The molecule has 0 radical (unpaired) electrons. The third-order valence-electron chi connectivity index (χ3n) is 5.78. The molecule has 0 bridgehead atoms. The van der Waals surface area contributed by atoms with E-state index in [1.54, 1.807) is 16.7 Å². The van der Waals surface area contributed by atoms with E-state index in [1.807, 2.05) is 97.9 Å². The van der Waals surface area contributed by atoms with E-state index in [4.69, 9.17) is 4.74 Å². The molecule has 1 N–H and O–H groups in total. The van der Waals surface area contributed by atoms with E-state index in [0.717, 1.165) is 27.8 Å². The summed E-state index contributed by atoms with van der Waals surface area (Å²) in [5, 5.41) is 4.94. The average Bonchev–Trinajstić information content (AvgIpc) is 3.25. The van der Waals surface area contributed by atoms with Gasteiger partial charge in [0.25, 0.3) is 5.91 Å². The Bertz CT molecular complexity index is 1350. The van der Waals surface area contributed by atoms with Gasteiger partial charge >= 0.3 is 0 Å². The number of benzene rings is 4. The monoisotopic (exact) mass is 468 g/mol. The highest BCUT2D eigenvalue weighted by atomic mass is 32.2. The third kappa shape index (κ3) is 4.37. The van der Waals surface area contributed by atoms with E-state index < -0.39 is 0 Å². The highest BCUT2D eigenvalue weighted by Crippen LogP contribution is 2.44. The van der Waals surface area contributed by atoms with Gasteiger partial charge in [0.05, 0.1) is 12.4 Å². The SMILES string of the molecule is CCOc1ccc(N2C(=O)CSC2c2ccccc2NC(=O)c2ccc3ccccc3c2)cc1. The van der Waals surface area contributed by atoms with E-state index in [0.29, 0.717) is 23.6 Å². The minimum atomic E-state index is -0.237. The lowest BCUT2D eigenvalue weighted by Crippen LogP contribution is -2.28. The second-order valence-corrected chi connectivity index (χ2v) is 9.03. The molecule has 0 spiro atoms. The maximum Gasteiger partial charge on any atom is 0.255 e. The molecule has 5 nitrogen and oxygen atoms in total. The Morgan fingerprint density at radius 3 is 2.50 bits per heavy atom. The van der Waals surface area contributed by atoms with Crippen LogP contribution in [0.4, 0.5) is 11.4 Å². The van der Waals surface area contributed by atoms with Crippen molar-refractivity contribution in [2.45, 2.75) is 12.3 Å². The molecule has 4 aromatic carbocycles. The van der Waals surface area contributed by atoms with Gasteiger partial charge in [0.2, 0.25) is 5.91 Å². The molecule has 0 aliphatic carbocycles. The van der Waals surface area contributed by atoms with Crippen molar-refractivity contribution in [1.82, 2.24) is 0 Å². The molecule has 1 atom stereocenters. The van der Waals surface area contributed by atoms with Gasteiger partial charge in [-0.25, -0.2) is 0 Å². The van der Waals surface area contributed by atoms with Crippen molar-refractivity contribution in [3.05, 3.63) is 102 Å². The van der Waals surface area contributed by atoms with Crippen LogP contribution in [-0.2, 0) is 4.79 Å². The highest BCUT2D eigenvalue weighted by Gasteiger charge is 2.35. The number of rotatable bonds is 6. The van der Waals surface area contributed by atoms with Gasteiger partial charge in [0.1, 0.15) is 11.1 Å². The molecule has 2 amide bonds. The summed E-state index contributed by atoms with van der Waals surface area (Å²) in [6.07, 6.45) is 0. The van der Waals surface area contributed by atoms with E-state index >= 15 is 0 Å². The number of hydrogen-bond donors (Lipinski definition) is 1. The molecule has 1 aliphatic rings. The van der Waals surface area contributed by atoms with Crippen LogP contribution in [0.15, 0.2) is 91.0 Å². The zero-order chi connectivity index (χ0) is 23.5. The smallest absolute Gasteiger partial charge is 0.255 e. The number of nitrogens with zero attached hydrogens (tertiary/aromatic N) is 1. The highest BCUT2D eigenvalue weighted by molar-refractivity contribution is 8.00. The van der Waals surface area contributed by atoms with Crippen molar-refractivity contribution in [2.24, 2.45) is 0 Å². The van der Waals surface area contributed by atoms with Crippen LogP contribution in [-0.4, -0.2) is 24.2 Å². The number of thioether (sulfide) groups is 1. The number of hydrogen-bond acceptors (Lipinski definition) is 4. The summed E-state index contributed by atoms with van der Waals surface area (Å²) < 4.78 is 5.54. The predicted octanol–water partition coefficient (Wildman–Crippen LogP) is 6.27. The second kappa shape index (κ2) is 9.61. The summed E-state index contributed by atoms with van der Waals surface area (Å²) in [5.41, 5.74) is 2.98. The number of amides is 2. The van der Waals surface area contributed by atoms with Crippen molar-refractivity contribution in [3.63, 3.8) is 0 Å². The molecule has 1 saturated heterocycles. The average molecular weight is 469 g/mol. The minimum absolute atomic E-state index is 0.0369.